The second-order valence-electron chi connectivity index (χ2n) is 6.12. The molecule has 0 saturated carbocycles. The maximum absolute atomic E-state index is 11.4. The first-order valence-electron chi connectivity index (χ1n) is 7.90. The highest BCUT2D eigenvalue weighted by Gasteiger charge is 2.21. The zero-order valence-electron chi connectivity index (χ0n) is 13.2. The fourth-order valence-electron chi connectivity index (χ4n) is 3.23. The molecular weight excluding hydrogens is 296 g/mol. The number of likely N-dealkylation sites (tertiary alicyclic amines) is 1. The van der Waals surface area contributed by atoms with Gasteiger partial charge in [-0.2, -0.15) is 0 Å². The standard InChI is InChI=1S/C17H22N2O4/c1-11-16(17(21)22)14-8-13(2-3-15(14)18-11)23-7-6-19-5-4-12(9-19)10-20/h2-3,8,12,18,20H,4-7,9-10H2,1H3,(H,21,22)/t12-/m1/s1. The summed E-state index contributed by atoms with van der Waals surface area (Å²) in [7, 11) is 0. The Kier molecular flexibility index (Phi) is 4.54. The van der Waals surface area contributed by atoms with Gasteiger partial charge in [-0.05, 0) is 44.0 Å². The molecule has 1 aliphatic rings. The van der Waals surface area contributed by atoms with Gasteiger partial charge in [0.2, 0.25) is 0 Å². The highest BCUT2D eigenvalue weighted by atomic mass is 16.5. The van der Waals surface area contributed by atoms with Gasteiger partial charge in [0.05, 0.1) is 5.56 Å². The number of carboxylic acids is 1. The van der Waals surface area contributed by atoms with Crippen LogP contribution in [0.1, 0.15) is 22.5 Å². The Morgan fingerprint density at radius 3 is 3.00 bits per heavy atom. The molecule has 1 saturated heterocycles. The van der Waals surface area contributed by atoms with Crippen LogP contribution in [0.25, 0.3) is 10.9 Å². The molecule has 0 aliphatic carbocycles. The number of rotatable bonds is 6. The van der Waals surface area contributed by atoms with Gasteiger partial charge in [-0.3, -0.25) is 4.90 Å². The lowest BCUT2D eigenvalue weighted by Crippen LogP contribution is -2.26. The molecule has 6 nitrogen and oxygen atoms in total. The molecule has 0 bridgehead atoms. The Balaban J connectivity index is 1.64. The van der Waals surface area contributed by atoms with E-state index in [9.17, 15) is 9.90 Å². The number of benzene rings is 1. The first kappa shape index (κ1) is 15.8. The Hall–Kier alpha value is -2.05. The summed E-state index contributed by atoms with van der Waals surface area (Å²) in [6, 6.07) is 5.48. The van der Waals surface area contributed by atoms with Crippen LogP contribution in [-0.4, -0.2) is 58.9 Å². The second kappa shape index (κ2) is 6.60. The number of aryl methyl sites for hydroxylation is 1. The topological polar surface area (TPSA) is 85.8 Å². The van der Waals surface area contributed by atoms with Crippen LogP contribution in [0.15, 0.2) is 18.2 Å². The van der Waals surface area contributed by atoms with E-state index in [1.54, 1.807) is 13.0 Å². The Labute approximate surface area is 134 Å². The molecule has 1 aromatic carbocycles. The molecule has 2 aromatic rings. The van der Waals surface area contributed by atoms with Crippen LogP contribution >= 0.6 is 0 Å². The highest BCUT2D eigenvalue weighted by molar-refractivity contribution is 6.05. The van der Waals surface area contributed by atoms with Gasteiger partial charge >= 0.3 is 5.97 Å². The molecule has 2 heterocycles. The van der Waals surface area contributed by atoms with Gasteiger partial charge < -0.3 is 19.9 Å². The summed E-state index contributed by atoms with van der Waals surface area (Å²) in [5.41, 5.74) is 1.75. The molecule has 1 atom stereocenters. The monoisotopic (exact) mass is 318 g/mol. The molecule has 1 fully saturated rings. The first-order chi connectivity index (χ1) is 11.1. The van der Waals surface area contributed by atoms with Crippen molar-refractivity contribution in [3.63, 3.8) is 0 Å². The molecule has 0 spiro atoms. The average molecular weight is 318 g/mol. The molecule has 1 aliphatic heterocycles. The number of nitrogens with one attached hydrogen (secondary N) is 1. The van der Waals surface area contributed by atoms with Gasteiger partial charge in [0, 0.05) is 36.3 Å². The van der Waals surface area contributed by atoms with Crippen molar-refractivity contribution in [2.45, 2.75) is 13.3 Å². The maximum atomic E-state index is 11.4. The van der Waals surface area contributed by atoms with Gasteiger partial charge in [0.15, 0.2) is 0 Å². The number of aromatic amines is 1. The quantitative estimate of drug-likeness (QED) is 0.757. The molecule has 0 amide bonds. The third-order valence-electron chi connectivity index (χ3n) is 4.48. The summed E-state index contributed by atoms with van der Waals surface area (Å²) in [6.07, 6.45) is 1.03. The third kappa shape index (κ3) is 3.33. The number of ether oxygens (including phenoxy) is 1. The average Bonchev–Trinajstić information content (AvgIpc) is 3.10. The van der Waals surface area contributed by atoms with Crippen LogP contribution in [0.4, 0.5) is 0 Å². The summed E-state index contributed by atoms with van der Waals surface area (Å²) in [4.78, 5) is 16.7. The van der Waals surface area contributed by atoms with Crippen LogP contribution in [0.2, 0.25) is 0 Å². The Morgan fingerprint density at radius 2 is 2.30 bits per heavy atom. The number of aromatic nitrogens is 1. The van der Waals surface area contributed by atoms with E-state index in [1.807, 2.05) is 12.1 Å². The minimum atomic E-state index is -0.932. The first-order valence-corrected chi connectivity index (χ1v) is 7.90. The van der Waals surface area contributed by atoms with Crippen LogP contribution in [0, 0.1) is 12.8 Å². The largest absolute Gasteiger partial charge is 0.492 e. The van der Waals surface area contributed by atoms with Crippen LogP contribution in [0.5, 0.6) is 5.75 Å². The third-order valence-corrected chi connectivity index (χ3v) is 4.48. The number of H-pyrrole nitrogens is 1. The van der Waals surface area contributed by atoms with Crippen molar-refractivity contribution < 1.29 is 19.7 Å². The summed E-state index contributed by atoms with van der Waals surface area (Å²) in [5, 5.41) is 19.2. The lowest BCUT2D eigenvalue weighted by Gasteiger charge is -2.16. The van der Waals surface area contributed by atoms with E-state index in [4.69, 9.17) is 9.84 Å². The van der Waals surface area contributed by atoms with Gasteiger partial charge in [0.25, 0.3) is 0 Å². The van der Waals surface area contributed by atoms with Crippen LogP contribution in [0.3, 0.4) is 0 Å². The molecule has 1 aromatic heterocycles. The molecule has 124 valence electrons. The van der Waals surface area contributed by atoms with E-state index in [2.05, 4.69) is 9.88 Å². The number of aliphatic hydroxyl groups is 1. The van der Waals surface area contributed by atoms with Crippen LogP contribution < -0.4 is 4.74 Å². The van der Waals surface area contributed by atoms with Crippen molar-refractivity contribution in [1.29, 1.82) is 0 Å². The van der Waals surface area contributed by atoms with E-state index in [0.717, 1.165) is 31.6 Å². The van der Waals surface area contributed by atoms with Gasteiger partial charge in [-0.1, -0.05) is 0 Å². The van der Waals surface area contributed by atoms with Gasteiger partial charge in [-0.15, -0.1) is 0 Å². The predicted octanol–water partition coefficient (Wildman–Crippen LogP) is 1.87. The molecule has 3 rings (SSSR count). The van der Waals surface area contributed by atoms with Gasteiger partial charge in [0.1, 0.15) is 12.4 Å². The van der Waals surface area contributed by atoms with E-state index in [-0.39, 0.29) is 6.61 Å². The second-order valence-corrected chi connectivity index (χ2v) is 6.12. The number of aromatic carboxylic acids is 1. The minimum absolute atomic E-state index is 0.249. The summed E-state index contributed by atoms with van der Waals surface area (Å²) in [6.45, 7) is 5.28. The summed E-state index contributed by atoms with van der Waals surface area (Å²) >= 11 is 0. The number of carbonyl (C=O) groups is 1. The van der Waals surface area contributed by atoms with E-state index in [1.165, 1.54) is 0 Å². The number of carboxylic acid groups (broad SMARTS) is 1. The van der Waals surface area contributed by atoms with Crippen molar-refractivity contribution in [2.24, 2.45) is 5.92 Å². The van der Waals surface area contributed by atoms with E-state index in [0.29, 0.717) is 34.9 Å². The minimum Gasteiger partial charge on any atom is -0.492 e. The van der Waals surface area contributed by atoms with Crippen molar-refractivity contribution >= 4 is 16.9 Å². The molecule has 0 radical (unpaired) electrons. The smallest absolute Gasteiger partial charge is 0.338 e. The molecule has 6 heteroatoms. The number of hydrogen-bond donors (Lipinski definition) is 3. The number of hydrogen-bond acceptors (Lipinski definition) is 4. The fraction of sp³-hybridized carbons (Fsp3) is 0.471. The molecular formula is C17H22N2O4. The Bertz CT molecular complexity index is 710. The molecule has 23 heavy (non-hydrogen) atoms. The normalized spacial score (nSPS) is 18.6. The Morgan fingerprint density at radius 1 is 1.48 bits per heavy atom. The summed E-state index contributed by atoms with van der Waals surface area (Å²) < 4.78 is 5.78. The zero-order valence-corrected chi connectivity index (χ0v) is 13.2. The lowest BCUT2D eigenvalue weighted by atomic mass is 10.1. The lowest BCUT2D eigenvalue weighted by molar-refractivity contribution is 0.0698. The molecule has 0 unspecified atom stereocenters. The number of fused-ring (bicyclic) bond motifs is 1. The van der Waals surface area contributed by atoms with Crippen molar-refractivity contribution in [1.82, 2.24) is 9.88 Å². The van der Waals surface area contributed by atoms with Gasteiger partial charge in [-0.25, -0.2) is 4.79 Å². The molecule has 3 N–H and O–H groups in total. The maximum Gasteiger partial charge on any atom is 0.338 e. The zero-order chi connectivity index (χ0) is 16.4. The number of nitrogens with zero attached hydrogens (tertiary/aromatic N) is 1. The summed E-state index contributed by atoms with van der Waals surface area (Å²) in [5.74, 6) is 0.127. The number of aliphatic hydroxyl groups excluding tert-OH is 1. The fourth-order valence-corrected chi connectivity index (χ4v) is 3.23. The van der Waals surface area contributed by atoms with Crippen molar-refractivity contribution in [3.8, 4) is 5.75 Å². The van der Waals surface area contributed by atoms with Crippen molar-refractivity contribution in [3.05, 3.63) is 29.5 Å². The van der Waals surface area contributed by atoms with Crippen LogP contribution in [-0.2, 0) is 0 Å². The van der Waals surface area contributed by atoms with E-state index >= 15 is 0 Å². The predicted molar refractivity (Wildman–Crippen MR) is 87.1 cm³/mol. The SMILES string of the molecule is Cc1[nH]c2ccc(OCCN3CC[C@@H](CO)C3)cc2c1C(=O)O. The highest BCUT2D eigenvalue weighted by Crippen LogP contribution is 2.26. The van der Waals surface area contributed by atoms with Crippen molar-refractivity contribution in [2.75, 3.05) is 32.8 Å². The van der Waals surface area contributed by atoms with E-state index < -0.39 is 5.97 Å².